The number of aliphatic carboxylic acids is 1. The van der Waals surface area contributed by atoms with Crippen molar-refractivity contribution in [3.8, 4) is 0 Å². The molecule has 2 N–H and O–H groups in total. The van der Waals surface area contributed by atoms with E-state index in [1.54, 1.807) is 0 Å². The molecule has 0 aromatic rings. The van der Waals surface area contributed by atoms with Crippen molar-refractivity contribution >= 4 is 12.0 Å². The minimum absolute atomic E-state index is 0.0623. The first-order valence-corrected chi connectivity index (χ1v) is 4.92. The number of hydrogen-bond donors (Lipinski definition) is 2. The van der Waals surface area contributed by atoms with Crippen molar-refractivity contribution in [1.29, 1.82) is 0 Å². The average molecular weight is 256 g/mol. The topological polar surface area (TPSA) is 69.6 Å². The molecule has 0 aromatic heterocycles. The Bertz CT molecular complexity index is 281. The molecule has 0 saturated carbocycles. The van der Waals surface area contributed by atoms with Crippen molar-refractivity contribution in [2.45, 2.75) is 19.5 Å². The third kappa shape index (κ3) is 7.42. The van der Waals surface area contributed by atoms with Crippen LogP contribution in [0.5, 0.6) is 0 Å². The van der Waals surface area contributed by atoms with Gasteiger partial charge >= 0.3 is 18.2 Å². The van der Waals surface area contributed by atoms with E-state index in [-0.39, 0.29) is 6.54 Å². The quantitative estimate of drug-likeness (QED) is 0.779. The number of rotatable bonds is 5. The summed E-state index contributed by atoms with van der Waals surface area (Å²) in [5.41, 5.74) is 0. The number of carboxylic acids is 1. The first-order valence-electron chi connectivity index (χ1n) is 4.92. The van der Waals surface area contributed by atoms with E-state index in [9.17, 15) is 22.8 Å². The van der Waals surface area contributed by atoms with Gasteiger partial charge in [0.05, 0.1) is 12.3 Å². The Balaban J connectivity index is 3.94. The van der Waals surface area contributed by atoms with Crippen LogP contribution in [0, 0.1) is 5.92 Å². The van der Waals surface area contributed by atoms with Crippen LogP contribution in [0.1, 0.15) is 13.3 Å². The molecule has 0 saturated heterocycles. The van der Waals surface area contributed by atoms with Gasteiger partial charge in [-0.1, -0.05) is 6.92 Å². The minimum Gasteiger partial charge on any atom is -0.481 e. The number of hydrogen-bond acceptors (Lipinski definition) is 2. The third-order valence-corrected chi connectivity index (χ3v) is 2.00. The van der Waals surface area contributed by atoms with E-state index in [2.05, 4.69) is 5.32 Å². The molecular formula is C9H15F3N2O3. The van der Waals surface area contributed by atoms with Crippen molar-refractivity contribution in [2.75, 3.05) is 20.1 Å². The molecular weight excluding hydrogens is 241 g/mol. The molecule has 0 aromatic carbocycles. The zero-order chi connectivity index (χ0) is 13.6. The van der Waals surface area contributed by atoms with E-state index in [0.29, 0.717) is 0 Å². The monoisotopic (exact) mass is 256 g/mol. The molecule has 1 unspecified atom stereocenters. The summed E-state index contributed by atoms with van der Waals surface area (Å²) in [7, 11) is 1.32. The molecule has 0 aliphatic carbocycles. The lowest BCUT2D eigenvalue weighted by atomic mass is 10.2. The van der Waals surface area contributed by atoms with Crippen molar-refractivity contribution in [1.82, 2.24) is 10.2 Å². The number of carbonyl (C=O) groups is 2. The maximum atomic E-state index is 11.8. The molecule has 5 nitrogen and oxygen atoms in total. The van der Waals surface area contributed by atoms with Gasteiger partial charge in [-0.15, -0.1) is 0 Å². The highest BCUT2D eigenvalue weighted by molar-refractivity contribution is 5.75. The van der Waals surface area contributed by atoms with Gasteiger partial charge < -0.3 is 15.3 Å². The Hall–Kier alpha value is -1.47. The highest BCUT2D eigenvalue weighted by Gasteiger charge is 2.27. The summed E-state index contributed by atoms with van der Waals surface area (Å²) in [4.78, 5) is 22.8. The van der Waals surface area contributed by atoms with E-state index in [1.165, 1.54) is 14.0 Å². The molecule has 0 bridgehead atoms. The molecule has 17 heavy (non-hydrogen) atoms. The van der Waals surface area contributed by atoms with Crippen LogP contribution in [0.3, 0.4) is 0 Å². The molecule has 0 fully saturated rings. The highest BCUT2D eigenvalue weighted by Crippen LogP contribution is 2.18. The Morgan fingerprint density at radius 1 is 1.41 bits per heavy atom. The van der Waals surface area contributed by atoms with Gasteiger partial charge in [0.1, 0.15) is 0 Å². The van der Waals surface area contributed by atoms with Crippen LogP contribution in [0.25, 0.3) is 0 Å². The van der Waals surface area contributed by atoms with Crippen molar-refractivity contribution in [3.63, 3.8) is 0 Å². The molecule has 0 spiro atoms. The first-order chi connectivity index (χ1) is 7.63. The number of amides is 2. The van der Waals surface area contributed by atoms with E-state index in [1.807, 2.05) is 0 Å². The minimum atomic E-state index is -4.32. The fourth-order valence-corrected chi connectivity index (χ4v) is 1.02. The maximum Gasteiger partial charge on any atom is 0.390 e. The van der Waals surface area contributed by atoms with Gasteiger partial charge in [-0.2, -0.15) is 13.2 Å². The largest absolute Gasteiger partial charge is 0.481 e. The fourth-order valence-electron chi connectivity index (χ4n) is 1.02. The van der Waals surface area contributed by atoms with Crippen molar-refractivity contribution in [3.05, 3.63) is 0 Å². The van der Waals surface area contributed by atoms with E-state index in [0.717, 1.165) is 4.90 Å². The van der Waals surface area contributed by atoms with Gasteiger partial charge in [0.2, 0.25) is 0 Å². The Morgan fingerprint density at radius 3 is 2.35 bits per heavy atom. The molecule has 0 heterocycles. The van der Waals surface area contributed by atoms with Gasteiger partial charge in [0.25, 0.3) is 0 Å². The van der Waals surface area contributed by atoms with E-state index in [4.69, 9.17) is 5.11 Å². The number of carboxylic acid groups (broad SMARTS) is 1. The lowest BCUT2D eigenvalue weighted by molar-refractivity contribution is -0.141. The predicted octanol–water partition coefficient (Wildman–Crippen LogP) is 1.30. The molecule has 2 amide bonds. The number of nitrogens with zero attached hydrogens (tertiary/aromatic N) is 1. The smallest absolute Gasteiger partial charge is 0.390 e. The number of alkyl halides is 3. The predicted molar refractivity (Wildman–Crippen MR) is 53.5 cm³/mol. The third-order valence-electron chi connectivity index (χ3n) is 2.00. The second-order valence-corrected chi connectivity index (χ2v) is 3.72. The fraction of sp³-hybridized carbons (Fsp3) is 0.778. The highest BCUT2D eigenvalue weighted by atomic mass is 19.4. The second kappa shape index (κ2) is 6.31. The van der Waals surface area contributed by atoms with Crippen LogP contribution in [0.4, 0.5) is 18.0 Å². The zero-order valence-electron chi connectivity index (χ0n) is 9.54. The zero-order valence-corrected chi connectivity index (χ0v) is 9.54. The SMILES string of the molecule is CC(CN(C)C(=O)NCCC(F)(F)F)C(=O)O. The van der Waals surface area contributed by atoms with Gasteiger partial charge in [0, 0.05) is 20.1 Å². The van der Waals surface area contributed by atoms with Crippen LogP contribution in [0.15, 0.2) is 0 Å². The Morgan fingerprint density at radius 2 is 1.94 bits per heavy atom. The van der Waals surface area contributed by atoms with Crippen molar-refractivity contribution in [2.24, 2.45) is 5.92 Å². The van der Waals surface area contributed by atoms with E-state index >= 15 is 0 Å². The normalized spacial score (nSPS) is 13.0. The van der Waals surface area contributed by atoms with Crippen LogP contribution >= 0.6 is 0 Å². The molecule has 0 radical (unpaired) electrons. The molecule has 1 atom stereocenters. The lowest BCUT2D eigenvalue weighted by Gasteiger charge is -2.20. The molecule has 100 valence electrons. The van der Waals surface area contributed by atoms with Crippen LogP contribution < -0.4 is 5.32 Å². The maximum absolute atomic E-state index is 11.8. The summed E-state index contributed by atoms with van der Waals surface area (Å²) in [6, 6.07) is -0.720. The summed E-state index contributed by atoms with van der Waals surface area (Å²) < 4.78 is 35.3. The summed E-state index contributed by atoms with van der Waals surface area (Å²) in [6.45, 7) is 0.823. The van der Waals surface area contributed by atoms with Crippen LogP contribution in [0.2, 0.25) is 0 Å². The first kappa shape index (κ1) is 15.5. The Labute approximate surface area is 96.6 Å². The lowest BCUT2D eigenvalue weighted by Crippen LogP contribution is -2.41. The number of urea groups is 1. The molecule has 0 rings (SSSR count). The van der Waals surface area contributed by atoms with Gasteiger partial charge in [0.15, 0.2) is 0 Å². The number of halogens is 3. The van der Waals surface area contributed by atoms with Gasteiger partial charge in [-0.05, 0) is 0 Å². The summed E-state index contributed by atoms with van der Waals surface area (Å²) >= 11 is 0. The molecule has 0 aliphatic heterocycles. The summed E-state index contributed by atoms with van der Waals surface area (Å²) in [6.07, 6.45) is -5.43. The average Bonchev–Trinajstić information content (AvgIpc) is 2.15. The summed E-state index contributed by atoms with van der Waals surface area (Å²) in [5.74, 6) is -1.84. The van der Waals surface area contributed by atoms with Crippen LogP contribution in [-0.4, -0.2) is 48.3 Å². The van der Waals surface area contributed by atoms with E-state index < -0.39 is 37.1 Å². The molecule has 8 heteroatoms. The molecule has 0 aliphatic rings. The summed E-state index contributed by atoms with van der Waals surface area (Å²) in [5, 5.41) is 10.6. The standard InChI is InChI=1S/C9H15F3N2O3/c1-6(7(15)16)5-14(2)8(17)13-4-3-9(10,11)12/h6H,3-5H2,1-2H3,(H,13,17)(H,15,16). The second-order valence-electron chi connectivity index (χ2n) is 3.72. The number of carbonyl (C=O) groups excluding carboxylic acids is 1. The van der Waals surface area contributed by atoms with Gasteiger partial charge in [-0.3, -0.25) is 4.79 Å². The Kier molecular flexibility index (Phi) is 5.77. The van der Waals surface area contributed by atoms with Gasteiger partial charge in [-0.25, -0.2) is 4.79 Å². The van der Waals surface area contributed by atoms with Crippen LogP contribution in [-0.2, 0) is 4.79 Å². The van der Waals surface area contributed by atoms with Crippen molar-refractivity contribution < 1.29 is 27.9 Å². The number of nitrogens with one attached hydrogen (secondary N) is 1.